The van der Waals surface area contributed by atoms with Gasteiger partial charge in [-0.3, -0.25) is 9.98 Å². The Bertz CT molecular complexity index is 2710. The second kappa shape index (κ2) is 19.1. The molecule has 0 unspecified atom stereocenters. The van der Waals surface area contributed by atoms with Gasteiger partial charge in [-0.05, 0) is 63.2 Å². The average Bonchev–Trinajstić information content (AvgIpc) is 3.56. The number of aryl methyl sites for hydroxylation is 2. The molecule has 1 aliphatic carbocycles. The average molecular weight is 767 g/mol. The number of allylic oxidation sites excluding steroid dienone is 9. The normalized spacial score (nSPS) is 13.3. The van der Waals surface area contributed by atoms with E-state index in [0.29, 0.717) is 18.2 Å². The fraction of sp³-hybridized carbons (Fsp3) is 0.0943. The van der Waals surface area contributed by atoms with Gasteiger partial charge < -0.3 is 0 Å². The standard InChI is InChI=1S/C53H46N6/c1-6-20-40(21-7-2)48-49(41-24-14-10-15-25-41)57-50(42-26-16-11-17-27-42)51(58-48)44-29-19-30-45(35-44)52(54-5)59-53(55-36-39-22-12-8-9-13-23-39)46-31-18-28-43(34-46)47-33-32-37(3)56-38(47)4/h6-12,14-35H,1,5,13,36H2,2-4H3/b21-7-,40-20+,55-53?,59-52?. The number of aliphatic imine (C=N–C) groups is 3. The van der Waals surface area contributed by atoms with E-state index in [2.05, 4.69) is 97.2 Å². The van der Waals surface area contributed by atoms with Gasteiger partial charge in [-0.1, -0.05) is 164 Å². The van der Waals surface area contributed by atoms with Crippen LogP contribution < -0.4 is 0 Å². The molecule has 6 aromatic rings. The molecule has 1 aliphatic rings. The third-order valence-electron chi connectivity index (χ3n) is 9.80. The first-order valence-corrected chi connectivity index (χ1v) is 19.7. The van der Waals surface area contributed by atoms with Crippen LogP contribution in [0.25, 0.3) is 50.5 Å². The highest BCUT2D eigenvalue weighted by molar-refractivity contribution is 6.13. The number of nitrogens with zero attached hydrogens (tertiary/aromatic N) is 6. The molecule has 7 rings (SSSR count). The van der Waals surface area contributed by atoms with Crippen LogP contribution in [0.2, 0.25) is 0 Å². The number of rotatable bonds is 11. The fourth-order valence-electron chi connectivity index (χ4n) is 6.97. The van der Waals surface area contributed by atoms with Gasteiger partial charge in [0.15, 0.2) is 11.7 Å². The Hall–Kier alpha value is -7.44. The SMILES string of the molecule is C=C/C=C(\C=C/C)c1nc(-c2cccc(C(N=C)=NC(=NCC3=CCC=CC=C3)c3cccc(-c4ccc(C)nc4C)c3)c2)c(-c2ccccc2)nc1-c1ccccc1. The van der Waals surface area contributed by atoms with Crippen LogP contribution in [0, 0.1) is 13.8 Å². The number of hydrogen-bond donors (Lipinski definition) is 0. The van der Waals surface area contributed by atoms with Crippen LogP contribution in [-0.4, -0.2) is 39.9 Å². The molecule has 288 valence electrons. The van der Waals surface area contributed by atoms with Crippen molar-refractivity contribution in [2.75, 3.05) is 6.54 Å². The fourth-order valence-corrected chi connectivity index (χ4v) is 6.97. The number of hydrogen-bond acceptors (Lipinski definition) is 4. The van der Waals surface area contributed by atoms with Crippen molar-refractivity contribution in [3.05, 3.63) is 216 Å². The van der Waals surface area contributed by atoms with Crippen molar-refractivity contribution in [2.45, 2.75) is 27.2 Å². The minimum absolute atomic E-state index is 0.438. The van der Waals surface area contributed by atoms with Crippen LogP contribution in [0.15, 0.2) is 203 Å². The Balaban J connectivity index is 1.39. The highest BCUT2D eigenvalue weighted by Crippen LogP contribution is 2.36. The Kier molecular flexibility index (Phi) is 12.9. The zero-order chi connectivity index (χ0) is 41.0. The monoisotopic (exact) mass is 766 g/mol. The largest absolute Gasteiger partial charge is 0.261 e. The summed E-state index contributed by atoms with van der Waals surface area (Å²) in [5.41, 5.74) is 13.4. The molecule has 0 fully saturated rings. The van der Waals surface area contributed by atoms with Crippen LogP contribution in [0.1, 0.15) is 41.6 Å². The summed E-state index contributed by atoms with van der Waals surface area (Å²) in [6, 6.07) is 40.9. The summed E-state index contributed by atoms with van der Waals surface area (Å²) in [7, 11) is 0. The molecule has 59 heavy (non-hydrogen) atoms. The van der Waals surface area contributed by atoms with Crippen LogP contribution in [-0.2, 0) is 0 Å². The van der Waals surface area contributed by atoms with Crippen molar-refractivity contribution in [3.63, 3.8) is 0 Å². The minimum Gasteiger partial charge on any atom is -0.261 e. The Morgan fingerprint density at radius 2 is 1.36 bits per heavy atom. The van der Waals surface area contributed by atoms with Crippen molar-refractivity contribution in [1.29, 1.82) is 0 Å². The van der Waals surface area contributed by atoms with Gasteiger partial charge in [0.05, 0.1) is 29.3 Å². The van der Waals surface area contributed by atoms with Crippen molar-refractivity contribution >= 4 is 24.0 Å². The Morgan fingerprint density at radius 1 is 0.695 bits per heavy atom. The molecule has 6 nitrogen and oxygen atoms in total. The van der Waals surface area contributed by atoms with Crippen molar-refractivity contribution in [1.82, 2.24) is 15.0 Å². The van der Waals surface area contributed by atoms with E-state index in [4.69, 9.17) is 24.9 Å². The maximum Gasteiger partial charge on any atom is 0.161 e. The van der Waals surface area contributed by atoms with E-state index in [9.17, 15) is 0 Å². The molecule has 0 N–H and O–H groups in total. The summed E-state index contributed by atoms with van der Waals surface area (Å²) in [4.78, 5) is 30.4. The van der Waals surface area contributed by atoms with Gasteiger partial charge in [-0.15, -0.1) is 0 Å². The number of benzene rings is 4. The number of amidine groups is 2. The van der Waals surface area contributed by atoms with E-state index >= 15 is 0 Å². The summed E-state index contributed by atoms with van der Waals surface area (Å²) in [5, 5.41) is 0. The third kappa shape index (κ3) is 9.58. The van der Waals surface area contributed by atoms with E-state index in [0.717, 1.165) is 90.7 Å². The van der Waals surface area contributed by atoms with Gasteiger partial charge in [0, 0.05) is 50.3 Å². The number of pyridine rings is 1. The van der Waals surface area contributed by atoms with Crippen LogP contribution in [0.3, 0.4) is 0 Å². The van der Waals surface area contributed by atoms with Gasteiger partial charge in [-0.2, -0.15) is 0 Å². The molecule has 0 saturated heterocycles. The van der Waals surface area contributed by atoms with Crippen LogP contribution in [0.4, 0.5) is 0 Å². The molecule has 0 atom stereocenters. The molecule has 0 amide bonds. The van der Waals surface area contributed by atoms with E-state index in [1.54, 1.807) is 6.08 Å². The Labute approximate surface area is 347 Å². The lowest BCUT2D eigenvalue weighted by atomic mass is 9.98. The van der Waals surface area contributed by atoms with Crippen LogP contribution >= 0.6 is 0 Å². The minimum atomic E-state index is 0.438. The molecule has 0 bridgehead atoms. The molecule has 2 aromatic heterocycles. The molecule has 0 radical (unpaired) electrons. The van der Waals surface area contributed by atoms with E-state index in [-0.39, 0.29) is 0 Å². The summed E-state index contributed by atoms with van der Waals surface area (Å²) in [5.74, 6) is 0.987. The lowest BCUT2D eigenvalue weighted by Crippen LogP contribution is -2.07. The number of aromatic nitrogens is 3. The van der Waals surface area contributed by atoms with Gasteiger partial charge >= 0.3 is 0 Å². The second-order valence-corrected chi connectivity index (χ2v) is 14.0. The predicted octanol–water partition coefficient (Wildman–Crippen LogP) is 12.6. The van der Waals surface area contributed by atoms with Crippen LogP contribution in [0.5, 0.6) is 0 Å². The highest BCUT2D eigenvalue weighted by Gasteiger charge is 2.20. The van der Waals surface area contributed by atoms with E-state index in [1.165, 1.54) is 0 Å². The van der Waals surface area contributed by atoms with Gasteiger partial charge in [0.2, 0.25) is 0 Å². The maximum atomic E-state index is 5.45. The lowest BCUT2D eigenvalue weighted by molar-refractivity contribution is 1.12. The van der Waals surface area contributed by atoms with Crippen molar-refractivity contribution < 1.29 is 0 Å². The molecule has 2 heterocycles. The van der Waals surface area contributed by atoms with Crippen molar-refractivity contribution in [3.8, 4) is 44.9 Å². The summed E-state index contributed by atoms with van der Waals surface area (Å²) < 4.78 is 0. The molecular formula is C53H46N6. The molecule has 0 spiro atoms. The molecule has 6 heteroatoms. The first-order chi connectivity index (χ1) is 28.9. The van der Waals surface area contributed by atoms with Gasteiger partial charge in [-0.25, -0.2) is 20.0 Å². The Morgan fingerprint density at radius 3 is 2.05 bits per heavy atom. The summed E-state index contributed by atoms with van der Waals surface area (Å²) in [6.45, 7) is 14.5. The second-order valence-electron chi connectivity index (χ2n) is 14.0. The first kappa shape index (κ1) is 39.8. The maximum absolute atomic E-state index is 5.45. The lowest BCUT2D eigenvalue weighted by Gasteiger charge is -2.17. The summed E-state index contributed by atoms with van der Waals surface area (Å²) in [6.07, 6.45) is 19.2. The highest BCUT2D eigenvalue weighted by atomic mass is 15.0. The molecule has 0 aliphatic heterocycles. The van der Waals surface area contributed by atoms with Gasteiger partial charge in [0.1, 0.15) is 0 Å². The van der Waals surface area contributed by atoms with E-state index < -0.39 is 0 Å². The zero-order valence-corrected chi connectivity index (χ0v) is 33.8. The topological polar surface area (TPSA) is 75.8 Å². The quantitative estimate of drug-likeness (QED) is 0.0748. The zero-order valence-electron chi connectivity index (χ0n) is 33.8. The molecular weight excluding hydrogens is 721 g/mol. The van der Waals surface area contributed by atoms with Crippen molar-refractivity contribution in [2.24, 2.45) is 15.0 Å². The molecule has 4 aromatic carbocycles. The summed E-state index contributed by atoms with van der Waals surface area (Å²) >= 11 is 0. The molecule has 0 saturated carbocycles. The smallest absolute Gasteiger partial charge is 0.161 e. The third-order valence-corrected chi connectivity index (χ3v) is 9.80. The van der Waals surface area contributed by atoms with E-state index in [1.807, 2.05) is 112 Å². The first-order valence-electron chi connectivity index (χ1n) is 19.7. The van der Waals surface area contributed by atoms with Gasteiger partial charge in [0.25, 0.3) is 0 Å². The predicted molar refractivity (Wildman–Crippen MR) is 249 cm³/mol.